The molecule has 1 aromatic carbocycles. The van der Waals surface area contributed by atoms with Crippen LogP contribution in [0, 0.1) is 0 Å². The third-order valence-electron chi connectivity index (χ3n) is 2.55. The molecule has 0 aliphatic heterocycles. The van der Waals surface area contributed by atoms with Gasteiger partial charge in [-0.25, -0.2) is 0 Å². The van der Waals surface area contributed by atoms with Crippen molar-refractivity contribution in [1.29, 1.82) is 0 Å². The molecule has 1 aliphatic rings. The largest absolute Gasteiger partial charge is 0.298 e. The lowest BCUT2D eigenvalue weighted by Gasteiger charge is -2.00. The fourth-order valence-electron chi connectivity index (χ4n) is 1.93. The normalized spacial score (nSPS) is 13.0. The Balaban J connectivity index is 2.52. The number of hydrogen-bond acceptors (Lipinski definition) is 2. The Morgan fingerprint density at radius 3 is 3.00 bits per heavy atom. The molecule has 0 fully saturated rings. The van der Waals surface area contributed by atoms with Crippen molar-refractivity contribution in [3.8, 4) is 0 Å². The highest BCUT2D eigenvalue weighted by atomic mass is 16.1. The van der Waals surface area contributed by atoms with Crippen molar-refractivity contribution >= 4 is 28.7 Å². The van der Waals surface area contributed by atoms with Crippen LogP contribution < -0.4 is 0 Å². The first kappa shape index (κ1) is 7.44. The molecule has 0 bridgehead atoms. The van der Waals surface area contributed by atoms with Gasteiger partial charge >= 0.3 is 0 Å². The minimum Gasteiger partial charge on any atom is -0.298 e. The number of allylic oxidation sites excluding steroid dienone is 1. The molecule has 0 amide bonds. The number of aldehydes is 1. The van der Waals surface area contributed by atoms with Gasteiger partial charge in [0.1, 0.15) is 0 Å². The van der Waals surface area contributed by atoms with Crippen molar-refractivity contribution in [2.45, 2.75) is 0 Å². The van der Waals surface area contributed by atoms with E-state index in [0.29, 0.717) is 0 Å². The molecule has 1 aliphatic carbocycles. The van der Waals surface area contributed by atoms with Gasteiger partial charge in [-0.2, -0.15) is 0 Å². The molecule has 0 atom stereocenters. The van der Waals surface area contributed by atoms with Crippen molar-refractivity contribution in [1.82, 2.24) is 4.98 Å². The van der Waals surface area contributed by atoms with Gasteiger partial charge in [-0.15, -0.1) is 0 Å². The van der Waals surface area contributed by atoms with Gasteiger partial charge in [0, 0.05) is 17.2 Å². The summed E-state index contributed by atoms with van der Waals surface area (Å²) in [7, 11) is 0. The molecular weight excluding hydrogens is 174 g/mol. The Bertz CT molecular complexity index is 564. The third-order valence-corrected chi connectivity index (χ3v) is 2.55. The van der Waals surface area contributed by atoms with E-state index < -0.39 is 0 Å². The summed E-state index contributed by atoms with van der Waals surface area (Å²) in [6, 6.07) is 7.92. The lowest BCUT2D eigenvalue weighted by molar-refractivity contribution is -0.103. The van der Waals surface area contributed by atoms with Gasteiger partial charge in [-0.3, -0.25) is 9.78 Å². The van der Waals surface area contributed by atoms with Gasteiger partial charge in [0.25, 0.3) is 0 Å². The van der Waals surface area contributed by atoms with Crippen LogP contribution in [0.1, 0.15) is 11.3 Å². The van der Waals surface area contributed by atoms with E-state index in [1.807, 2.05) is 30.3 Å². The van der Waals surface area contributed by atoms with Gasteiger partial charge in [0.05, 0.1) is 5.69 Å². The number of rotatable bonds is 1. The van der Waals surface area contributed by atoms with E-state index in [0.717, 1.165) is 33.9 Å². The lowest BCUT2D eigenvalue weighted by Crippen LogP contribution is -1.83. The van der Waals surface area contributed by atoms with Crippen LogP contribution in [0.3, 0.4) is 0 Å². The fourth-order valence-corrected chi connectivity index (χ4v) is 1.93. The van der Waals surface area contributed by atoms with E-state index in [1.165, 1.54) is 0 Å². The molecule has 0 radical (unpaired) electrons. The number of aromatic nitrogens is 1. The van der Waals surface area contributed by atoms with Crippen LogP contribution in [0.15, 0.2) is 30.5 Å². The van der Waals surface area contributed by atoms with Crippen molar-refractivity contribution in [2.75, 3.05) is 0 Å². The molecule has 3 rings (SSSR count). The highest BCUT2D eigenvalue weighted by Gasteiger charge is 2.15. The average molecular weight is 181 g/mol. The van der Waals surface area contributed by atoms with Crippen LogP contribution in [0.2, 0.25) is 0 Å². The lowest BCUT2D eigenvalue weighted by atomic mass is 10.1. The average Bonchev–Trinajstić information content (AvgIpc) is 2.60. The van der Waals surface area contributed by atoms with E-state index >= 15 is 0 Å². The second-order valence-corrected chi connectivity index (χ2v) is 3.32. The standard InChI is InChI=1S/C12H7NO/c14-7-9-6-11-12-8(4-5-13-11)2-1-3-10(9)12/h1-7H. The highest BCUT2D eigenvalue weighted by molar-refractivity contribution is 6.23. The summed E-state index contributed by atoms with van der Waals surface area (Å²) in [5.74, 6) is 0. The van der Waals surface area contributed by atoms with Crippen molar-refractivity contribution in [3.63, 3.8) is 0 Å². The van der Waals surface area contributed by atoms with Crippen LogP contribution in [0.5, 0.6) is 0 Å². The molecular formula is C12H7NO. The topological polar surface area (TPSA) is 30.0 Å². The predicted octanol–water partition coefficient (Wildman–Crippen LogP) is 2.29. The zero-order valence-corrected chi connectivity index (χ0v) is 7.40. The Morgan fingerprint density at radius 2 is 2.14 bits per heavy atom. The van der Waals surface area contributed by atoms with E-state index in [4.69, 9.17) is 0 Å². The van der Waals surface area contributed by atoms with Crippen LogP contribution in [0.4, 0.5) is 0 Å². The van der Waals surface area contributed by atoms with E-state index in [1.54, 1.807) is 6.20 Å². The maximum absolute atomic E-state index is 10.8. The minimum absolute atomic E-state index is 0.726. The van der Waals surface area contributed by atoms with Crippen LogP contribution in [0.25, 0.3) is 22.4 Å². The predicted molar refractivity (Wildman–Crippen MR) is 55.7 cm³/mol. The third kappa shape index (κ3) is 0.799. The summed E-state index contributed by atoms with van der Waals surface area (Å²) in [5.41, 5.74) is 2.63. The maximum atomic E-state index is 10.8. The summed E-state index contributed by atoms with van der Waals surface area (Å²) in [4.78, 5) is 15.1. The fraction of sp³-hybridized carbons (Fsp3) is 0. The molecule has 0 spiro atoms. The summed E-state index contributed by atoms with van der Waals surface area (Å²) in [6.07, 6.45) is 4.49. The van der Waals surface area contributed by atoms with Gasteiger partial charge in [0.15, 0.2) is 6.29 Å². The zero-order chi connectivity index (χ0) is 9.54. The van der Waals surface area contributed by atoms with E-state index in [2.05, 4.69) is 4.98 Å². The van der Waals surface area contributed by atoms with Crippen molar-refractivity contribution in [2.24, 2.45) is 0 Å². The Hall–Kier alpha value is -1.96. The summed E-state index contributed by atoms with van der Waals surface area (Å²) >= 11 is 0. The van der Waals surface area contributed by atoms with Gasteiger partial charge in [-0.05, 0) is 23.1 Å². The molecule has 0 saturated carbocycles. The number of pyridine rings is 1. The number of carbonyl (C=O) groups is 1. The highest BCUT2D eigenvalue weighted by Crippen LogP contribution is 2.33. The molecule has 0 N–H and O–H groups in total. The molecule has 2 aromatic rings. The maximum Gasteiger partial charge on any atom is 0.150 e. The summed E-state index contributed by atoms with van der Waals surface area (Å²) in [6.45, 7) is 0. The molecule has 0 saturated heterocycles. The monoisotopic (exact) mass is 181 g/mol. The van der Waals surface area contributed by atoms with Crippen LogP contribution in [-0.2, 0) is 4.79 Å². The minimum atomic E-state index is 0.726. The van der Waals surface area contributed by atoms with E-state index in [9.17, 15) is 4.79 Å². The number of carbonyl (C=O) groups excluding carboxylic acids is 1. The molecule has 2 heteroatoms. The molecule has 1 aromatic heterocycles. The van der Waals surface area contributed by atoms with E-state index in [-0.39, 0.29) is 0 Å². The van der Waals surface area contributed by atoms with Crippen LogP contribution in [-0.4, -0.2) is 11.3 Å². The van der Waals surface area contributed by atoms with Gasteiger partial charge in [0.2, 0.25) is 0 Å². The van der Waals surface area contributed by atoms with Crippen molar-refractivity contribution in [3.05, 3.63) is 41.7 Å². The molecule has 0 unspecified atom stereocenters. The quantitative estimate of drug-likeness (QED) is 0.632. The van der Waals surface area contributed by atoms with Crippen LogP contribution >= 0.6 is 0 Å². The molecule has 2 nitrogen and oxygen atoms in total. The molecule has 14 heavy (non-hydrogen) atoms. The molecule has 1 heterocycles. The first-order chi connectivity index (χ1) is 6.90. The summed E-state index contributed by atoms with van der Waals surface area (Å²) < 4.78 is 0. The van der Waals surface area contributed by atoms with Gasteiger partial charge in [-0.1, -0.05) is 18.2 Å². The first-order valence-electron chi connectivity index (χ1n) is 4.45. The second kappa shape index (κ2) is 2.51. The van der Waals surface area contributed by atoms with Gasteiger partial charge < -0.3 is 0 Å². The SMILES string of the molecule is O=CC1=Cc2nccc3cccc1c23. The van der Waals surface area contributed by atoms with Crippen molar-refractivity contribution < 1.29 is 4.79 Å². The number of hydrogen-bond donors (Lipinski definition) is 0. The second-order valence-electron chi connectivity index (χ2n) is 3.32. The number of benzene rings is 1. The molecule has 66 valence electrons. The summed E-state index contributed by atoms with van der Waals surface area (Å²) in [5, 5.41) is 2.23. The Labute approximate surface area is 80.9 Å². The Morgan fingerprint density at radius 1 is 1.21 bits per heavy atom. The number of nitrogens with zero attached hydrogens (tertiary/aromatic N) is 1. The zero-order valence-electron chi connectivity index (χ0n) is 7.40. The first-order valence-corrected chi connectivity index (χ1v) is 4.45. The smallest absolute Gasteiger partial charge is 0.150 e. The Kier molecular flexibility index (Phi) is 1.34.